The number of carbonyl (C=O) groups is 1. The minimum atomic E-state index is -3.85. The van der Waals surface area contributed by atoms with Crippen molar-refractivity contribution in [3.05, 3.63) is 87.2 Å². The second kappa shape index (κ2) is 8.14. The summed E-state index contributed by atoms with van der Waals surface area (Å²) in [5.41, 5.74) is 0.303. The molecule has 0 bridgehead atoms. The Balaban J connectivity index is 1.70. The van der Waals surface area contributed by atoms with E-state index in [-0.39, 0.29) is 22.1 Å². The van der Waals surface area contributed by atoms with Crippen LogP contribution in [-0.2, 0) is 21.4 Å². The standard InChI is InChI=1S/C22H16ClNO6S/c1-24-31(27,28)19-10-14(6-8-17(19)23)22(26)29-12-15-11-20(25)30-18-9-7-13-4-2-3-5-16(13)21(15)18/h2-11,24H,12H2,1H3. The minimum Gasteiger partial charge on any atom is -0.457 e. The molecule has 1 N–H and O–H groups in total. The third-order valence-corrected chi connectivity index (χ3v) is 6.69. The van der Waals surface area contributed by atoms with Gasteiger partial charge in [0.05, 0.1) is 10.6 Å². The maximum Gasteiger partial charge on any atom is 0.338 e. The minimum absolute atomic E-state index is 0.00959. The molecular formula is C22H16ClNO6S. The third kappa shape index (κ3) is 4.05. The molecule has 158 valence electrons. The van der Waals surface area contributed by atoms with Crippen LogP contribution < -0.4 is 10.3 Å². The molecule has 3 aromatic carbocycles. The van der Waals surface area contributed by atoms with Crippen molar-refractivity contribution in [3.8, 4) is 0 Å². The van der Waals surface area contributed by atoms with Crippen LogP contribution in [0.5, 0.6) is 0 Å². The molecule has 0 spiro atoms. The molecule has 7 nitrogen and oxygen atoms in total. The molecule has 0 radical (unpaired) electrons. The number of esters is 1. The number of hydrogen-bond acceptors (Lipinski definition) is 6. The highest BCUT2D eigenvalue weighted by Crippen LogP contribution is 2.28. The largest absolute Gasteiger partial charge is 0.457 e. The lowest BCUT2D eigenvalue weighted by Crippen LogP contribution is -2.19. The van der Waals surface area contributed by atoms with Gasteiger partial charge in [-0.25, -0.2) is 22.7 Å². The van der Waals surface area contributed by atoms with Gasteiger partial charge in [-0.1, -0.05) is 41.9 Å². The molecule has 1 heterocycles. The average Bonchev–Trinajstić information content (AvgIpc) is 2.77. The maximum atomic E-state index is 12.6. The summed E-state index contributed by atoms with van der Waals surface area (Å²) in [4.78, 5) is 24.4. The van der Waals surface area contributed by atoms with Gasteiger partial charge in [-0.15, -0.1) is 0 Å². The first-order valence-electron chi connectivity index (χ1n) is 9.15. The summed E-state index contributed by atoms with van der Waals surface area (Å²) in [7, 11) is -2.61. The van der Waals surface area contributed by atoms with E-state index < -0.39 is 21.6 Å². The predicted octanol–water partition coefficient (Wildman–Crippen LogP) is 3.86. The van der Waals surface area contributed by atoms with Gasteiger partial charge >= 0.3 is 11.6 Å². The number of ether oxygens (including phenoxy) is 1. The van der Waals surface area contributed by atoms with Crippen LogP contribution in [0.25, 0.3) is 21.7 Å². The highest BCUT2D eigenvalue weighted by Gasteiger charge is 2.20. The summed E-state index contributed by atoms with van der Waals surface area (Å²) in [5, 5.41) is 2.43. The first-order chi connectivity index (χ1) is 14.8. The number of hydrogen-bond donors (Lipinski definition) is 1. The maximum absolute atomic E-state index is 12.6. The lowest BCUT2D eigenvalue weighted by Gasteiger charge is -2.11. The number of fused-ring (bicyclic) bond motifs is 3. The van der Waals surface area contributed by atoms with Crippen LogP contribution in [0.4, 0.5) is 0 Å². The average molecular weight is 458 g/mol. The molecule has 4 rings (SSSR count). The van der Waals surface area contributed by atoms with E-state index in [0.29, 0.717) is 16.5 Å². The third-order valence-electron chi connectivity index (χ3n) is 4.80. The van der Waals surface area contributed by atoms with E-state index in [4.69, 9.17) is 20.8 Å². The van der Waals surface area contributed by atoms with Crippen LogP contribution >= 0.6 is 11.6 Å². The summed E-state index contributed by atoms with van der Waals surface area (Å²) in [5.74, 6) is -0.758. The van der Waals surface area contributed by atoms with Crippen LogP contribution in [0.15, 0.2) is 74.8 Å². The zero-order valence-corrected chi connectivity index (χ0v) is 17.8. The summed E-state index contributed by atoms with van der Waals surface area (Å²) in [6.45, 7) is -0.203. The second-order valence-electron chi connectivity index (χ2n) is 6.68. The van der Waals surface area contributed by atoms with Gasteiger partial charge in [0.2, 0.25) is 10.0 Å². The van der Waals surface area contributed by atoms with E-state index in [9.17, 15) is 18.0 Å². The Hall–Kier alpha value is -3.20. The number of rotatable bonds is 5. The van der Waals surface area contributed by atoms with Gasteiger partial charge in [0.25, 0.3) is 0 Å². The van der Waals surface area contributed by atoms with Crippen molar-refractivity contribution in [2.24, 2.45) is 0 Å². The molecule has 9 heteroatoms. The molecule has 4 aromatic rings. The summed E-state index contributed by atoms with van der Waals surface area (Å²) in [6.07, 6.45) is 0. The number of sulfonamides is 1. The zero-order valence-electron chi connectivity index (χ0n) is 16.2. The smallest absolute Gasteiger partial charge is 0.338 e. The molecule has 0 saturated heterocycles. The van der Waals surface area contributed by atoms with E-state index in [0.717, 1.165) is 16.8 Å². The van der Waals surface area contributed by atoms with Crippen molar-refractivity contribution in [3.63, 3.8) is 0 Å². The monoisotopic (exact) mass is 457 g/mol. The van der Waals surface area contributed by atoms with E-state index in [1.165, 1.54) is 25.2 Å². The number of benzene rings is 3. The number of halogens is 1. The van der Waals surface area contributed by atoms with Gasteiger partial charge in [-0.3, -0.25) is 0 Å². The Morgan fingerprint density at radius 1 is 1.10 bits per heavy atom. The Kier molecular flexibility index (Phi) is 5.53. The van der Waals surface area contributed by atoms with Crippen LogP contribution in [0.2, 0.25) is 5.02 Å². The van der Waals surface area contributed by atoms with E-state index in [2.05, 4.69) is 4.72 Å². The van der Waals surface area contributed by atoms with Gasteiger partial charge < -0.3 is 9.15 Å². The molecule has 0 aliphatic rings. The van der Waals surface area contributed by atoms with Crippen molar-refractivity contribution in [1.29, 1.82) is 0 Å². The second-order valence-corrected chi connectivity index (χ2v) is 8.94. The lowest BCUT2D eigenvalue weighted by atomic mass is 10.0. The fourth-order valence-electron chi connectivity index (χ4n) is 3.31. The molecule has 0 fully saturated rings. The van der Waals surface area contributed by atoms with Crippen LogP contribution in [0.3, 0.4) is 0 Å². The van der Waals surface area contributed by atoms with Crippen molar-refractivity contribution < 1.29 is 22.4 Å². The molecule has 0 atom stereocenters. The number of carbonyl (C=O) groups excluding carboxylic acids is 1. The van der Waals surface area contributed by atoms with Crippen molar-refractivity contribution in [2.75, 3.05) is 7.05 Å². The molecular weight excluding hydrogens is 442 g/mol. The fourth-order valence-corrected chi connectivity index (χ4v) is 4.56. The topological polar surface area (TPSA) is 103 Å². The first kappa shape index (κ1) is 21.0. The van der Waals surface area contributed by atoms with Gasteiger partial charge in [0.15, 0.2) is 0 Å². The van der Waals surface area contributed by atoms with Crippen LogP contribution in [0, 0.1) is 0 Å². The van der Waals surface area contributed by atoms with E-state index in [1.54, 1.807) is 6.07 Å². The van der Waals surface area contributed by atoms with Gasteiger partial charge in [0, 0.05) is 17.0 Å². The van der Waals surface area contributed by atoms with Crippen molar-refractivity contribution in [1.82, 2.24) is 4.72 Å². The van der Waals surface area contributed by atoms with Crippen molar-refractivity contribution in [2.45, 2.75) is 11.5 Å². The molecule has 0 saturated carbocycles. The summed E-state index contributed by atoms with van der Waals surface area (Å²) < 4.78 is 37.0. The highest BCUT2D eigenvalue weighted by molar-refractivity contribution is 7.89. The van der Waals surface area contributed by atoms with Gasteiger partial charge in [-0.2, -0.15) is 0 Å². The first-order valence-corrected chi connectivity index (χ1v) is 11.0. The Morgan fingerprint density at radius 2 is 1.87 bits per heavy atom. The predicted molar refractivity (Wildman–Crippen MR) is 117 cm³/mol. The SMILES string of the molecule is CNS(=O)(=O)c1cc(C(=O)OCc2cc(=O)oc3ccc4ccccc4c23)ccc1Cl. The fraction of sp³-hybridized carbons (Fsp3) is 0.0909. The number of nitrogens with one attached hydrogen (secondary N) is 1. The molecule has 0 aliphatic heterocycles. The molecule has 0 aliphatic carbocycles. The van der Waals surface area contributed by atoms with E-state index in [1.807, 2.05) is 30.3 Å². The Morgan fingerprint density at radius 3 is 2.65 bits per heavy atom. The Bertz CT molecular complexity index is 1490. The van der Waals surface area contributed by atoms with Gasteiger partial charge in [-0.05, 0) is 42.1 Å². The molecule has 0 amide bonds. The van der Waals surface area contributed by atoms with Crippen molar-refractivity contribution >= 4 is 49.3 Å². The zero-order chi connectivity index (χ0) is 22.2. The van der Waals surface area contributed by atoms with Crippen LogP contribution in [-0.4, -0.2) is 21.4 Å². The van der Waals surface area contributed by atoms with Gasteiger partial charge in [0.1, 0.15) is 17.1 Å². The summed E-state index contributed by atoms with van der Waals surface area (Å²) >= 11 is 5.96. The highest BCUT2D eigenvalue weighted by atomic mass is 35.5. The molecule has 31 heavy (non-hydrogen) atoms. The quantitative estimate of drug-likeness (QED) is 0.277. The molecule has 0 unspecified atom stereocenters. The lowest BCUT2D eigenvalue weighted by molar-refractivity contribution is 0.0473. The van der Waals surface area contributed by atoms with E-state index >= 15 is 0 Å². The Labute approximate surface area is 182 Å². The normalized spacial score (nSPS) is 11.7. The molecule has 1 aromatic heterocycles. The summed E-state index contributed by atoms with van der Waals surface area (Å²) in [6, 6.07) is 16.2. The van der Waals surface area contributed by atoms with Crippen LogP contribution in [0.1, 0.15) is 15.9 Å².